The number of oxazole rings is 1. The Morgan fingerprint density at radius 1 is 1.36 bits per heavy atom. The van der Waals surface area contributed by atoms with Gasteiger partial charge in [-0.2, -0.15) is 18.2 Å². The van der Waals surface area contributed by atoms with Crippen molar-refractivity contribution in [1.29, 1.82) is 0 Å². The zero-order valence-corrected chi connectivity index (χ0v) is 11.2. The average molecular weight is 312 g/mol. The second-order valence-corrected chi connectivity index (χ2v) is 4.93. The summed E-state index contributed by atoms with van der Waals surface area (Å²) >= 11 is 0. The molecule has 22 heavy (non-hydrogen) atoms. The fourth-order valence-electron chi connectivity index (χ4n) is 2.55. The van der Waals surface area contributed by atoms with Crippen molar-refractivity contribution < 1.29 is 27.5 Å². The number of hydrogen-bond acceptors (Lipinski definition) is 4. The van der Waals surface area contributed by atoms with Gasteiger partial charge in [0.2, 0.25) is 0 Å². The Hall–Kier alpha value is -2.51. The largest absolute Gasteiger partial charge is 0.476 e. The minimum absolute atomic E-state index is 0.0976. The summed E-state index contributed by atoms with van der Waals surface area (Å²) in [7, 11) is 0. The van der Waals surface area contributed by atoms with Crippen LogP contribution in [0.2, 0.25) is 0 Å². The summed E-state index contributed by atoms with van der Waals surface area (Å²) in [4.78, 5) is 16.2. The highest BCUT2D eigenvalue weighted by atomic mass is 19.4. The van der Waals surface area contributed by atoms with Gasteiger partial charge < -0.3 is 14.4 Å². The van der Waals surface area contributed by atoms with Gasteiger partial charge in [-0.3, -0.25) is 0 Å². The van der Waals surface area contributed by atoms with Gasteiger partial charge in [-0.15, -0.1) is 0 Å². The van der Waals surface area contributed by atoms with Crippen molar-refractivity contribution in [3.05, 3.63) is 46.8 Å². The number of aromatic nitrogens is 1. The normalized spacial score (nSPS) is 14.8. The van der Waals surface area contributed by atoms with Crippen LogP contribution in [0.5, 0.6) is 0 Å². The van der Waals surface area contributed by atoms with Crippen LogP contribution in [0, 0.1) is 0 Å². The third-order valence-corrected chi connectivity index (χ3v) is 3.55. The lowest BCUT2D eigenvalue weighted by Gasteiger charge is -2.29. The van der Waals surface area contributed by atoms with Crippen LogP contribution in [-0.4, -0.2) is 22.6 Å². The fourth-order valence-corrected chi connectivity index (χ4v) is 2.55. The molecule has 1 N–H and O–H groups in total. The molecule has 2 heterocycles. The lowest BCUT2D eigenvalue weighted by Crippen LogP contribution is -2.32. The third-order valence-electron chi connectivity index (χ3n) is 3.55. The van der Waals surface area contributed by atoms with E-state index in [0.717, 1.165) is 12.3 Å². The summed E-state index contributed by atoms with van der Waals surface area (Å²) in [6.45, 7) is 0.471. The zero-order valence-electron chi connectivity index (χ0n) is 11.2. The number of fused-ring (bicyclic) bond motifs is 1. The maximum atomic E-state index is 13.0. The third kappa shape index (κ3) is 2.51. The van der Waals surface area contributed by atoms with E-state index in [0.29, 0.717) is 5.56 Å². The highest BCUT2D eigenvalue weighted by molar-refractivity contribution is 5.85. The minimum atomic E-state index is -4.38. The first-order chi connectivity index (χ1) is 10.4. The van der Waals surface area contributed by atoms with E-state index in [1.54, 1.807) is 11.0 Å². The fraction of sp³-hybridized carbons (Fsp3) is 0.286. The van der Waals surface area contributed by atoms with Crippen LogP contribution in [0.4, 0.5) is 19.2 Å². The Bertz CT molecular complexity index is 724. The second kappa shape index (κ2) is 5.04. The molecule has 0 radical (unpaired) electrons. The molecule has 0 saturated heterocycles. The zero-order chi connectivity index (χ0) is 15.9. The maximum absolute atomic E-state index is 13.0. The van der Waals surface area contributed by atoms with Crippen molar-refractivity contribution in [1.82, 2.24) is 4.98 Å². The van der Waals surface area contributed by atoms with E-state index in [2.05, 4.69) is 4.98 Å². The molecule has 0 bridgehead atoms. The summed E-state index contributed by atoms with van der Waals surface area (Å²) < 4.78 is 44.0. The van der Waals surface area contributed by atoms with E-state index in [1.165, 1.54) is 6.07 Å². The van der Waals surface area contributed by atoms with Gasteiger partial charge in [0.25, 0.3) is 6.01 Å². The number of halogens is 3. The molecule has 8 heteroatoms. The number of alkyl halides is 3. The molecule has 1 aromatic heterocycles. The predicted molar refractivity (Wildman–Crippen MR) is 69.7 cm³/mol. The van der Waals surface area contributed by atoms with E-state index in [9.17, 15) is 18.0 Å². The van der Waals surface area contributed by atoms with Crippen LogP contribution in [0.25, 0.3) is 0 Å². The molecule has 0 saturated carbocycles. The van der Waals surface area contributed by atoms with Crippen molar-refractivity contribution in [3.63, 3.8) is 0 Å². The van der Waals surface area contributed by atoms with Crippen LogP contribution < -0.4 is 4.90 Å². The van der Waals surface area contributed by atoms with Gasteiger partial charge in [0.15, 0.2) is 5.69 Å². The molecule has 0 atom stereocenters. The Kier molecular flexibility index (Phi) is 3.31. The predicted octanol–water partition coefficient (Wildman–Crippen LogP) is 2.95. The number of carboxylic acid groups (broad SMARTS) is 1. The van der Waals surface area contributed by atoms with Crippen LogP contribution in [-0.2, 0) is 19.1 Å². The lowest BCUT2D eigenvalue weighted by molar-refractivity contribution is -0.138. The van der Waals surface area contributed by atoms with Crippen LogP contribution in [0.1, 0.15) is 27.2 Å². The van der Waals surface area contributed by atoms with E-state index < -0.39 is 17.7 Å². The van der Waals surface area contributed by atoms with Crippen molar-refractivity contribution in [3.8, 4) is 0 Å². The monoisotopic (exact) mass is 312 g/mol. The highest BCUT2D eigenvalue weighted by Gasteiger charge is 2.35. The van der Waals surface area contributed by atoms with Crippen LogP contribution in [0.3, 0.4) is 0 Å². The molecule has 1 aliphatic rings. The Labute approximate surface area is 123 Å². The Morgan fingerprint density at radius 2 is 2.14 bits per heavy atom. The SMILES string of the molecule is O=C(O)c1coc(N2CCc3c(cccc3C(F)(F)F)C2)n1. The molecule has 0 spiro atoms. The van der Waals surface area contributed by atoms with Gasteiger partial charge in [0.05, 0.1) is 5.56 Å². The van der Waals surface area contributed by atoms with Crippen LogP contribution >= 0.6 is 0 Å². The van der Waals surface area contributed by atoms with E-state index >= 15 is 0 Å². The number of rotatable bonds is 2. The maximum Gasteiger partial charge on any atom is 0.416 e. The van der Waals surface area contributed by atoms with Crippen molar-refractivity contribution in [2.24, 2.45) is 0 Å². The molecule has 0 fully saturated rings. The number of hydrogen-bond donors (Lipinski definition) is 1. The summed E-state index contributed by atoms with van der Waals surface area (Å²) in [6, 6.07) is 4.16. The second-order valence-electron chi connectivity index (χ2n) is 4.93. The highest BCUT2D eigenvalue weighted by Crippen LogP contribution is 2.36. The number of benzene rings is 1. The number of carbonyl (C=O) groups is 1. The van der Waals surface area contributed by atoms with Gasteiger partial charge in [-0.25, -0.2) is 4.79 Å². The summed E-state index contributed by atoms with van der Waals surface area (Å²) in [5, 5.41) is 8.81. The van der Waals surface area contributed by atoms with Gasteiger partial charge >= 0.3 is 12.1 Å². The topological polar surface area (TPSA) is 66.6 Å². The smallest absolute Gasteiger partial charge is 0.416 e. The molecule has 2 aromatic rings. The van der Waals surface area contributed by atoms with E-state index in [1.807, 2.05) is 0 Å². The van der Waals surface area contributed by atoms with Gasteiger partial charge in [-0.05, 0) is 23.6 Å². The van der Waals surface area contributed by atoms with Crippen molar-refractivity contribution >= 4 is 12.0 Å². The minimum Gasteiger partial charge on any atom is -0.476 e. The van der Waals surface area contributed by atoms with Crippen molar-refractivity contribution in [2.45, 2.75) is 19.1 Å². The summed E-state index contributed by atoms with van der Waals surface area (Å²) in [6.07, 6.45) is -3.18. The molecule has 1 aliphatic heterocycles. The average Bonchev–Trinajstić information content (AvgIpc) is 2.95. The molecular formula is C14H11F3N2O3. The summed E-state index contributed by atoms with van der Waals surface area (Å²) in [5.41, 5.74) is -0.0412. The Morgan fingerprint density at radius 3 is 2.77 bits per heavy atom. The van der Waals surface area contributed by atoms with Gasteiger partial charge in [0, 0.05) is 13.1 Å². The molecule has 0 aliphatic carbocycles. The molecular weight excluding hydrogens is 301 g/mol. The molecule has 5 nitrogen and oxygen atoms in total. The van der Waals surface area contributed by atoms with E-state index in [4.69, 9.17) is 9.52 Å². The lowest BCUT2D eigenvalue weighted by atomic mass is 9.94. The number of anilines is 1. The number of nitrogens with zero attached hydrogens (tertiary/aromatic N) is 2. The van der Waals surface area contributed by atoms with Gasteiger partial charge in [0.1, 0.15) is 6.26 Å². The first kappa shape index (κ1) is 14.4. The molecule has 0 amide bonds. The molecule has 3 rings (SSSR count). The van der Waals surface area contributed by atoms with Crippen molar-refractivity contribution in [2.75, 3.05) is 11.4 Å². The number of carboxylic acids is 1. The standard InChI is InChI=1S/C14H11F3N2O3/c15-14(16,17)10-3-1-2-8-6-19(5-4-9(8)10)13-18-11(7-22-13)12(20)21/h1-3,7H,4-6H2,(H,20,21). The first-order valence-corrected chi connectivity index (χ1v) is 6.48. The molecule has 116 valence electrons. The molecule has 0 unspecified atom stereocenters. The quantitative estimate of drug-likeness (QED) is 0.923. The first-order valence-electron chi connectivity index (χ1n) is 6.48. The van der Waals surface area contributed by atoms with Gasteiger partial charge in [-0.1, -0.05) is 12.1 Å². The van der Waals surface area contributed by atoms with Crippen LogP contribution in [0.15, 0.2) is 28.9 Å². The Balaban J connectivity index is 1.89. The molecule has 1 aromatic carbocycles. The van der Waals surface area contributed by atoms with E-state index in [-0.39, 0.29) is 36.8 Å². The summed E-state index contributed by atoms with van der Waals surface area (Å²) in [5.74, 6) is -1.22. The number of aromatic carboxylic acids is 1.